The van der Waals surface area contributed by atoms with Gasteiger partial charge in [-0.05, 0) is 24.1 Å². The standard InChI is InChI=1S/C9H12N2O/c1-6-2-3-7-5-10-9(12)11-8(7)4-6/h2-4,9-12H,5H2,1H3. The Bertz CT molecular complexity index is 299. The largest absolute Gasteiger partial charge is 0.361 e. The van der Waals surface area contributed by atoms with Crippen LogP contribution in [0.15, 0.2) is 18.2 Å². The Kier molecular flexibility index (Phi) is 1.75. The first-order chi connectivity index (χ1) is 5.75. The summed E-state index contributed by atoms with van der Waals surface area (Å²) in [6, 6.07) is 6.18. The Morgan fingerprint density at radius 3 is 3.17 bits per heavy atom. The Morgan fingerprint density at radius 1 is 1.50 bits per heavy atom. The fraction of sp³-hybridized carbons (Fsp3) is 0.333. The molecule has 0 aromatic heterocycles. The molecule has 0 aliphatic carbocycles. The second kappa shape index (κ2) is 2.77. The summed E-state index contributed by atoms with van der Waals surface area (Å²) in [5.41, 5.74) is 3.43. The average Bonchev–Trinajstić information content (AvgIpc) is 2.03. The van der Waals surface area contributed by atoms with Gasteiger partial charge in [0.1, 0.15) is 0 Å². The van der Waals surface area contributed by atoms with Gasteiger partial charge in [-0.25, -0.2) is 0 Å². The van der Waals surface area contributed by atoms with E-state index < -0.39 is 6.35 Å². The van der Waals surface area contributed by atoms with Crippen LogP contribution in [0.4, 0.5) is 5.69 Å². The maximum atomic E-state index is 9.22. The topological polar surface area (TPSA) is 44.3 Å². The van der Waals surface area contributed by atoms with E-state index in [-0.39, 0.29) is 0 Å². The second-order valence-electron chi connectivity index (χ2n) is 3.09. The highest BCUT2D eigenvalue weighted by Gasteiger charge is 2.12. The molecule has 2 rings (SSSR count). The molecule has 0 fully saturated rings. The SMILES string of the molecule is Cc1ccc2c(c1)NC(O)NC2. The van der Waals surface area contributed by atoms with Gasteiger partial charge in [0, 0.05) is 12.2 Å². The predicted octanol–water partition coefficient (Wildman–Crippen LogP) is 0.786. The zero-order valence-corrected chi connectivity index (χ0v) is 6.96. The zero-order chi connectivity index (χ0) is 8.55. The summed E-state index contributed by atoms with van der Waals surface area (Å²) in [5.74, 6) is 0. The molecule has 1 aliphatic heterocycles. The molecular weight excluding hydrogens is 152 g/mol. The van der Waals surface area contributed by atoms with E-state index in [9.17, 15) is 5.11 Å². The predicted molar refractivity (Wildman–Crippen MR) is 47.6 cm³/mol. The molecule has 0 radical (unpaired) electrons. The lowest BCUT2D eigenvalue weighted by Gasteiger charge is -2.24. The minimum atomic E-state index is -0.612. The number of aryl methyl sites for hydroxylation is 1. The molecule has 0 saturated carbocycles. The van der Waals surface area contributed by atoms with Gasteiger partial charge in [-0.15, -0.1) is 0 Å². The molecule has 1 aromatic rings. The van der Waals surface area contributed by atoms with Crippen LogP contribution in [0.3, 0.4) is 0 Å². The molecule has 0 bridgehead atoms. The molecule has 1 heterocycles. The molecule has 1 aliphatic rings. The van der Waals surface area contributed by atoms with Crippen molar-refractivity contribution >= 4 is 5.69 Å². The van der Waals surface area contributed by atoms with Gasteiger partial charge in [0.05, 0.1) is 0 Å². The molecule has 1 unspecified atom stereocenters. The van der Waals surface area contributed by atoms with Gasteiger partial charge in [0.2, 0.25) is 0 Å². The lowest BCUT2D eigenvalue weighted by Crippen LogP contribution is -2.39. The number of benzene rings is 1. The van der Waals surface area contributed by atoms with Crippen LogP contribution >= 0.6 is 0 Å². The van der Waals surface area contributed by atoms with Gasteiger partial charge >= 0.3 is 0 Å². The van der Waals surface area contributed by atoms with Crippen LogP contribution in [0.1, 0.15) is 11.1 Å². The lowest BCUT2D eigenvalue weighted by molar-refractivity contribution is 0.158. The Labute approximate surface area is 71.4 Å². The molecular formula is C9H12N2O. The molecule has 1 aromatic carbocycles. The quantitative estimate of drug-likeness (QED) is 0.531. The van der Waals surface area contributed by atoms with Crippen molar-refractivity contribution in [3.63, 3.8) is 0 Å². The minimum absolute atomic E-state index is 0.612. The summed E-state index contributed by atoms with van der Waals surface area (Å²) in [6.07, 6.45) is -0.612. The second-order valence-corrected chi connectivity index (χ2v) is 3.09. The number of fused-ring (bicyclic) bond motifs is 1. The number of aliphatic hydroxyl groups excluding tert-OH is 1. The molecule has 3 N–H and O–H groups in total. The Hall–Kier alpha value is -1.06. The molecule has 3 nitrogen and oxygen atoms in total. The first kappa shape index (κ1) is 7.58. The van der Waals surface area contributed by atoms with Crippen LogP contribution < -0.4 is 10.6 Å². The van der Waals surface area contributed by atoms with Crippen molar-refractivity contribution in [1.82, 2.24) is 5.32 Å². The monoisotopic (exact) mass is 164 g/mol. The van der Waals surface area contributed by atoms with E-state index in [0.717, 1.165) is 12.2 Å². The maximum absolute atomic E-state index is 9.22. The van der Waals surface area contributed by atoms with Crippen molar-refractivity contribution in [1.29, 1.82) is 0 Å². The summed E-state index contributed by atoms with van der Waals surface area (Å²) >= 11 is 0. The van der Waals surface area contributed by atoms with Gasteiger partial charge in [0.25, 0.3) is 0 Å². The molecule has 64 valence electrons. The van der Waals surface area contributed by atoms with E-state index >= 15 is 0 Å². The van der Waals surface area contributed by atoms with Gasteiger partial charge in [-0.3, -0.25) is 5.32 Å². The van der Waals surface area contributed by atoms with Crippen LogP contribution in [0, 0.1) is 6.92 Å². The van der Waals surface area contributed by atoms with Crippen LogP contribution in [-0.4, -0.2) is 11.5 Å². The molecule has 3 heteroatoms. The smallest absolute Gasteiger partial charge is 0.181 e. The van der Waals surface area contributed by atoms with E-state index in [4.69, 9.17) is 0 Å². The number of nitrogens with one attached hydrogen (secondary N) is 2. The van der Waals surface area contributed by atoms with Crippen molar-refractivity contribution in [2.75, 3.05) is 5.32 Å². The molecule has 0 amide bonds. The summed E-state index contributed by atoms with van der Waals surface area (Å²) in [7, 11) is 0. The van der Waals surface area contributed by atoms with Crippen LogP contribution in [-0.2, 0) is 6.54 Å². The fourth-order valence-corrected chi connectivity index (χ4v) is 1.38. The Balaban J connectivity index is 2.37. The van der Waals surface area contributed by atoms with E-state index in [1.54, 1.807) is 0 Å². The fourth-order valence-electron chi connectivity index (χ4n) is 1.38. The third-order valence-corrected chi connectivity index (χ3v) is 2.04. The van der Waals surface area contributed by atoms with Crippen molar-refractivity contribution in [3.05, 3.63) is 29.3 Å². The van der Waals surface area contributed by atoms with Crippen LogP contribution in [0.25, 0.3) is 0 Å². The van der Waals surface area contributed by atoms with Gasteiger partial charge in [-0.2, -0.15) is 0 Å². The minimum Gasteiger partial charge on any atom is -0.361 e. The normalized spacial score (nSPS) is 21.3. The third-order valence-electron chi connectivity index (χ3n) is 2.04. The van der Waals surface area contributed by atoms with E-state index in [1.807, 2.05) is 13.0 Å². The highest BCUT2D eigenvalue weighted by atomic mass is 16.3. The van der Waals surface area contributed by atoms with E-state index in [0.29, 0.717) is 0 Å². The summed E-state index contributed by atoms with van der Waals surface area (Å²) in [6.45, 7) is 2.76. The first-order valence-corrected chi connectivity index (χ1v) is 4.03. The number of aliphatic hydroxyl groups is 1. The van der Waals surface area contributed by atoms with Crippen LogP contribution in [0.5, 0.6) is 0 Å². The molecule has 12 heavy (non-hydrogen) atoms. The number of hydrogen-bond donors (Lipinski definition) is 3. The first-order valence-electron chi connectivity index (χ1n) is 4.03. The van der Waals surface area contributed by atoms with Gasteiger partial charge in [-0.1, -0.05) is 12.1 Å². The highest BCUT2D eigenvalue weighted by molar-refractivity contribution is 5.54. The van der Waals surface area contributed by atoms with Crippen molar-refractivity contribution in [3.8, 4) is 0 Å². The van der Waals surface area contributed by atoms with Crippen molar-refractivity contribution in [2.24, 2.45) is 0 Å². The molecule has 1 atom stereocenters. The van der Waals surface area contributed by atoms with Gasteiger partial charge < -0.3 is 10.4 Å². The average molecular weight is 164 g/mol. The zero-order valence-electron chi connectivity index (χ0n) is 6.96. The van der Waals surface area contributed by atoms with E-state index in [2.05, 4.69) is 22.8 Å². The van der Waals surface area contributed by atoms with Gasteiger partial charge in [0.15, 0.2) is 6.35 Å². The number of hydrogen-bond acceptors (Lipinski definition) is 3. The number of anilines is 1. The van der Waals surface area contributed by atoms with Crippen molar-refractivity contribution < 1.29 is 5.11 Å². The van der Waals surface area contributed by atoms with Crippen molar-refractivity contribution in [2.45, 2.75) is 19.8 Å². The number of rotatable bonds is 0. The van der Waals surface area contributed by atoms with Crippen LogP contribution in [0.2, 0.25) is 0 Å². The maximum Gasteiger partial charge on any atom is 0.181 e. The third kappa shape index (κ3) is 1.29. The Morgan fingerprint density at radius 2 is 2.33 bits per heavy atom. The summed E-state index contributed by atoms with van der Waals surface area (Å²) < 4.78 is 0. The highest BCUT2D eigenvalue weighted by Crippen LogP contribution is 2.20. The molecule has 0 spiro atoms. The van der Waals surface area contributed by atoms with E-state index in [1.165, 1.54) is 11.1 Å². The lowest BCUT2D eigenvalue weighted by atomic mass is 10.1. The summed E-state index contributed by atoms with van der Waals surface area (Å²) in [5, 5.41) is 15.1. The summed E-state index contributed by atoms with van der Waals surface area (Å²) in [4.78, 5) is 0. The molecule has 0 saturated heterocycles.